The van der Waals surface area contributed by atoms with Gasteiger partial charge in [-0.1, -0.05) is 32.3 Å². The van der Waals surface area contributed by atoms with Crippen molar-refractivity contribution < 1.29 is 14.6 Å². The van der Waals surface area contributed by atoms with Crippen molar-refractivity contribution in [3.8, 4) is 18.1 Å². The SMILES string of the molecule is C#C[C@]1(O)C([18F])CC2C3CCc4cc(O)ccc4C3[C@@H](CC)C[C@@]21C. The van der Waals surface area contributed by atoms with E-state index in [-0.39, 0.29) is 5.92 Å². The lowest BCUT2D eigenvalue weighted by atomic mass is 9.49. The monoisotopic (exact) mass is 341 g/mol. The molecule has 134 valence electrons. The van der Waals surface area contributed by atoms with E-state index in [4.69, 9.17) is 6.42 Å². The van der Waals surface area contributed by atoms with E-state index in [0.717, 1.165) is 25.7 Å². The van der Waals surface area contributed by atoms with E-state index in [0.29, 0.717) is 29.9 Å². The smallest absolute Gasteiger partial charge is 0.161 e. The van der Waals surface area contributed by atoms with Crippen molar-refractivity contribution in [1.82, 2.24) is 0 Å². The fourth-order valence-corrected chi connectivity index (χ4v) is 6.49. The molecule has 0 aliphatic heterocycles. The third-order valence-electron chi connectivity index (χ3n) is 7.75. The molecule has 2 nitrogen and oxygen atoms in total. The Balaban J connectivity index is 1.81. The van der Waals surface area contributed by atoms with Crippen LogP contribution >= 0.6 is 0 Å². The summed E-state index contributed by atoms with van der Waals surface area (Å²) in [6.45, 7) is 4.19. The van der Waals surface area contributed by atoms with Gasteiger partial charge in [-0.25, -0.2) is 4.39 Å². The largest absolute Gasteiger partial charge is 0.508 e. The number of alkyl halides is 1. The Morgan fingerprint density at radius 1 is 1.40 bits per heavy atom. The number of hydrogen-bond donors (Lipinski definition) is 2. The van der Waals surface area contributed by atoms with Crippen LogP contribution in [0.3, 0.4) is 0 Å². The average molecular weight is 341 g/mol. The Labute approximate surface area is 149 Å². The van der Waals surface area contributed by atoms with E-state index >= 15 is 0 Å². The topological polar surface area (TPSA) is 40.5 Å². The van der Waals surface area contributed by atoms with Gasteiger partial charge in [-0.15, -0.1) is 6.42 Å². The van der Waals surface area contributed by atoms with E-state index in [9.17, 15) is 14.6 Å². The highest BCUT2D eigenvalue weighted by Crippen LogP contribution is 2.66. The fraction of sp³-hybridized carbons (Fsp3) is 0.636. The average Bonchev–Trinajstić information content (AvgIpc) is 2.81. The Morgan fingerprint density at radius 3 is 2.84 bits per heavy atom. The van der Waals surface area contributed by atoms with Gasteiger partial charge in [0.25, 0.3) is 0 Å². The van der Waals surface area contributed by atoms with Crippen molar-refractivity contribution in [2.45, 2.75) is 63.6 Å². The van der Waals surface area contributed by atoms with Crippen LogP contribution in [-0.2, 0) is 6.42 Å². The van der Waals surface area contributed by atoms with Gasteiger partial charge in [0.2, 0.25) is 0 Å². The molecule has 0 amide bonds. The molecule has 0 saturated heterocycles. The molecule has 1 aromatic rings. The summed E-state index contributed by atoms with van der Waals surface area (Å²) in [7, 11) is 0. The Morgan fingerprint density at radius 2 is 2.16 bits per heavy atom. The molecule has 1 aromatic carbocycles. The fourth-order valence-electron chi connectivity index (χ4n) is 6.49. The van der Waals surface area contributed by atoms with Gasteiger partial charge >= 0.3 is 0 Å². The maximum atomic E-state index is 14.8. The molecule has 0 radical (unpaired) electrons. The minimum atomic E-state index is -1.65. The molecule has 3 aliphatic rings. The number of phenolic OH excluding ortho intramolecular Hbond substituents is 1. The van der Waals surface area contributed by atoms with Gasteiger partial charge in [0, 0.05) is 5.41 Å². The molecule has 2 saturated carbocycles. The van der Waals surface area contributed by atoms with E-state index < -0.39 is 17.2 Å². The Bertz CT molecular complexity index is 738. The first-order valence-electron chi connectivity index (χ1n) is 9.51. The van der Waals surface area contributed by atoms with Gasteiger partial charge in [0.05, 0.1) is 0 Å². The van der Waals surface area contributed by atoms with E-state index in [1.807, 2.05) is 13.0 Å². The molecule has 0 bridgehead atoms. The number of hydrogen-bond acceptors (Lipinski definition) is 2. The molecule has 3 heteroatoms. The molecule has 2 N–H and O–H groups in total. The molecular formula is C22H27FO2. The summed E-state index contributed by atoms with van der Waals surface area (Å²) in [4.78, 5) is 0. The van der Waals surface area contributed by atoms with Crippen molar-refractivity contribution in [3.05, 3.63) is 29.3 Å². The van der Waals surface area contributed by atoms with Crippen molar-refractivity contribution in [2.24, 2.45) is 23.2 Å². The number of benzene rings is 1. The van der Waals surface area contributed by atoms with Gasteiger partial charge in [0.15, 0.2) is 5.60 Å². The van der Waals surface area contributed by atoms with E-state index in [1.165, 1.54) is 11.1 Å². The number of aliphatic hydroxyl groups is 1. The summed E-state index contributed by atoms with van der Waals surface area (Å²) in [5, 5.41) is 20.8. The first-order valence-corrected chi connectivity index (χ1v) is 9.51. The summed E-state index contributed by atoms with van der Waals surface area (Å²) < 4.78 is 14.8. The van der Waals surface area contributed by atoms with Crippen molar-refractivity contribution in [1.29, 1.82) is 0 Å². The predicted molar refractivity (Wildman–Crippen MR) is 95.9 cm³/mol. The van der Waals surface area contributed by atoms with Gasteiger partial charge in [-0.3, -0.25) is 0 Å². The predicted octanol–water partition coefficient (Wildman–Crippen LogP) is 4.20. The number of phenols is 1. The lowest BCUT2D eigenvalue weighted by Gasteiger charge is -2.55. The highest BCUT2D eigenvalue weighted by molar-refractivity contribution is 5.41. The highest BCUT2D eigenvalue weighted by Gasteiger charge is 2.67. The molecule has 4 rings (SSSR count). The number of fused-ring (bicyclic) bond motifs is 5. The third kappa shape index (κ3) is 2.07. The van der Waals surface area contributed by atoms with Crippen molar-refractivity contribution in [3.63, 3.8) is 0 Å². The molecule has 0 aromatic heterocycles. The Kier molecular flexibility index (Phi) is 3.71. The summed E-state index contributed by atoms with van der Waals surface area (Å²) >= 11 is 0. The van der Waals surface area contributed by atoms with Crippen LogP contribution < -0.4 is 0 Å². The minimum absolute atomic E-state index is 0.110. The van der Waals surface area contributed by atoms with Crippen LogP contribution in [0, 0.1) is 35.5 Å². The molecule has 25 heavy (non-hydrogen) atoms. The molecule has 0 heterocycles. The quantitative estimate of drug-likeness (QED) is 0.752. The first kappa shape index (κ1) is 16.9. The standard InChI is InChI=1S/C22H27FO2/c1-4-13-12-21(3)18(11-19(23)22(21,25)5-2)17-8-6-14-10-15(24)7-9-16(14)20(13)17/h2,7,9-10,13,17-20,24-25H,4,6,8,11-12H2,1,3H3/t13-,17?,18?,19?,20?,21-,22-/m0/s1/i23-1. The van der Waals surface area contributed by atoms with Gasteiger partial charge in [0.1, 0.15) is 11.9 Å². The van der Waals surface area contributed by atoms with Crippen LogP contribution in [0.4, 0.5) is 4.39 Å². The maximum absolute atomic E-state index is 14.8. The van der Waals surface area contributed by atoms with E-state index in [1.54, 1.807) is 6.07 Å². The number of aryl methyl sites for hydroxylation is 1. The number of halogens is 1. The van der Waals surface area contributed by atoms with Crippen LogP contribution in [-0.4, -0.2) is 22.0 Å². The molecule has 4 unspecified atom stereocenters. The first-order chi connectivity index (χ1) is 11.9. The van der Waals surface area contributed by atoms with Crippen LogP contribution in [0.2, 0.25) is 0 Å². The van der Waals surface area contributed by atoms with Crippen LogP contribution in [0.15, 0.2) is 18.2 Å². The highest BCUT2D eigenvalue weighted by atomic mass is 18.2. The van der Waals surface area contributed by atoms with Crippen LogP contribution in [0.1, 0.15) is 56.6 Å². The second-order valence-corrected chi connectivity index (χ2v) is 8.62. The van der Waals surface area contributed by atoms with Gasteiger partial charge in [-0.05, 0) is 72.6 Å². The summed E-state index contributed by atoms with van der Waals surface area (Å²) in [5.41, 5.74) is 0.336. The zero-order valence-electron chi connectivity index (χ0n) is 15.0. The van der Waals surface area contributed by atoms with Gasteiger partial charge in [-0.2, -0.15) is 0 Å². The van der Waals surface area contributed by atoms with Crippen molar-refractivity contribution >= 4 is 0 Å². The summed E-state index contributed by atoms with van der Waals surface area (Å²) in [6, 6.07) is 5.71. The number of terminal acetylenes is 1. The molecule has 2 fully saturated rings. The zero-order valence-corrected chi connectivity index (χ0v) is 15.0. The molecule has 3 aliphatic carbocycles. The molecule has 7 atom stereocenters. The molecule has 0 spiro atoms. The van der Waals surface area contributed by atoms with Crippen LogP contribution in [0.5, 0.6) is 5.75 Å². The Hall–Kier alpha value is -1.53. The second-order valence-electron chi connectivity index (χ2n) is 8.62. The normalized spacial score (nSPS) is 45.2. The second kappa shape index (κ2) is 5.48. The number of aromatic hydroxyl groups is 1. The lowest BCUT2D eigenvalue weighted by Crippen LogP contribution is -2.54. The zero-order chi connectivity index (χ0) is 18.0. The third-order valence-corrected chi connectivity index (χ3v) is 7.75. The summed E-state index contributed by atoms with van der Waals surface area (Å²) in [5.74, 6) is 3.97. The maximum Gasteiger partial charge on any atom is 0.161 e. The minimum Gasteiger partial charge on any atom is -0.508 e. The lowest BCUT2D eigenvalue weighted by molar-refractivity contribution is -0.100. The molecular weight excluding hydrogens is 314 g/mol. The number of rotatable bonds is 1. The van der Waals surface area contributed by atoms with Crippen molar-refractivity contribution in [2.75, 3.05) is 0 Å². The van der Waals surface area contributed by atoms with E-state index in [2.05, 4.69) is 18.9 Å². The van der Waals surface area contributed by atoms with Crippen LogP contribution in [0.25, 0.3) is 0 Å². The van der Waals surface area contributed by atoms with Gasteiger partial charge < -0.3 is 10.2 Å². The summed E-state index contributed by atoms with van der Waals surface area (Å²) in [6.07, 6.45) is 8.28.